The van der Waals surface area contributed by atoms with E-state index in [0.29, 0.717) is 18.1 Å². The fourth-order valence-electron chi connectivity index (χ4n) is 2.69. The van der Waals surface area contributed by atoms with E-state index in [1.807, 2.05) is 0 Å². The summed E-state index contributed by atoms with van der Waals surface area (Å²) >= 11 is 1.29. The van der Waals surface area contributed by atoms with Crippen molar-refractivity contribution in [3.05, 3.63) is 11.8 Å². The summed E-state index contributed by atoms with van der Waals surface area (Å²) in [4.78, 5) is 24.1. The molecule has 1 atom stereocenters. The van der Waals surface area contributed by atoms with E-state index in [4.69, 9.17) is 10.3 Å². The van der Waals surface area contributed by atoms with Gasteiger partial charge in [0, 0.05) is 12.6 Å². The summed E-state index contributed by atoms with van der Waals surface area (Å²) in [6.45, 7) is 3.97. The number of nitrogens with zero attached hydrogens (tertiary/aromatic N) is 1. The maximum Gasteiger partial charge on any atom is 0.238 e. The molecule has 0 spiro atoms. The van der Waals surface area contributed by atoms with Crippen molar-refractivity contribution in [1.29, 1.82) is 0 Å². The molecule has 1 aliphatic rings. The molecule has 1 aliphatic carbocycles. The van der Waals surface area contributed by atoms with E-state index in [1.54, 1.807) is 19.9 Å². The molecule has 1 aromatic rings. The molecule has 0 bridgehead atoms. The number of thioether (sulfide) groups is 1. The Hall–Kier alpha value is -1.25. The topological polar surface area (TPSA) is 110 Å². The molecule has 2 amide bonds. The molecule has 1 heterocycles. The number of nitrogens with one attached hydrogen (secondary N) is 2. The normalized spacial score (nSPS) is 17.0. The SMILES string of the molecule is Cc1cc(NC(=O)C(C)SCC(=O)NC2(CN)CCCC2)no1.Cl. The van der Waals surface area contributed by atoms with Gasteiger partial charge in [-0.25, -0.2) is 0 Å². The number of rotatable bonds is 7. The van der Waals surface area contributed by atoms with Gasteiger partial charge in [-0.05, 0) is 26.7 Å². The largest absolute Gasteiger partial charge is 0.360 e. The van der Waals surface area contributed by atoms with E-state index in [2.05, 4.69) is 15.8 Å². The van der Waals surface area contributed by atoms with Gasteiger partial charge in [0.15, 0.2) is 5.82 Å². The van der Waals surface area contributed by atoms with Crippen LogP contribution in [0.2, 0.25) is 0 Å². The fraction of sp³-hybridized carbons (Fsp3) is 0.667. The third-order valence-electron chi connectivity index (χ3n) is 4.07. The number of amides is 2. The lowest BCUT2D eigenvalue weighted by molar-refractivity contribution is -0.120. The van der Waals surface area contributed by atoms with Crippen LogP contribution in [0.5, 0.6) is 0 Å². The number of hydrogen-bond acceptors (Lipinski definition) is 6. The van der Waals surface area contributed by atoms with Crippen molar-refractivity contribution in [2.45, 2.75) is 50.3 Å². The first-order valence-electron chi connectivity index (χ1n) is 7.81. The average molecular weight is 377 g/mol. The molecule has 1 unspecified atom stereocenters. The van der Waals surface area contributed by atoms with Crippen LogP contribution in [0.4, 0.5) is 5.82 Å². The zero-order valence-corrected chi connectivity index (χ0v) is 15.6. The third-order valence-corrected chi connectivity index (χ3v) is 5.21. The van der Waals surface area contributed by atoms with Crippen LogP contribution in [0.1, 0.15) is 38.4 Å². The van der Waals surface area contributed by atoms with Gasteiger partial charge in [-0.2, -0.15) is 0 Å². The summed E-state index contributed by atoms with van der Waals surface area (Å²) in [6, 6.07) is 1.65. The highest BCUT2D eigenvalue weighted by molar-refractivity contribution is 8.01. The number of carbonyl (C=O) groups excluding carboxylic acids is 2. The van der Waals surface area contributed by atoms with Crippen LogP contribution in [-0.2, 0) is 9.59 Å². The zero-order valence-electron chi connectivity index (χ0n) is 14.0. The highest BCUT2D eigenvalue weighted by Crippen LogP contribution is 2.28. The Morgan fingerprint density at radius 1 is 1.46 bits per heavy atom. The number of halogens is 1. The predicted octanol–water partition coefficient (Wildman–Crippen LogP) is 1.85. The lowest BCUT2D eigenvalue weighted by Crippen LogP contribution is -2.52. The van der Waals surface area contributed by atoms with Gasteiger partial charge >= 0.3 is 0 Å². The van der Waals surface area contributed by atoms with E-state index in [0.717, 1.165) is 25.7 Å². The maximum absolute atomic E-state index is 12.1. The van der Waals surface area contributed by atoms with Gasteiger partial charge in [0.2, 0.25) is 11.8 Å². The lowest BCUT2D eigenvalue weighted by atomic mass is 9.98. The minimum absolute atomic E-state index is 0. The molecule has 0 radical (unpaired) electrons. The summed E-state index contributed by atoms with van der Waals surface area (Å²) in [7, 11) is 0. The van der Waals surface area contributed by atoms with Crippen molar-refractivity contribution in [3.8, 4) is 0 Å². The van der Waals surface area contributed by atoms with Crippen LogP contribution in [0, 0.1) is 6.92 Å². The molecule has 24 heavy (non-hydrogen) atoms. The minimum Gasteiger partial charge on any atom is -0.360 e. The first-order chi connectivity index (χ1) is 10.9. The molecule has 9 heteroatoms. The second-order valence-corrected chi connectivity index (χ2v) is 7.33. The number of anilines is 1. The monoisotopic (exact) mass is 376 g/mol. The predicted molar refractivity (Wildman–Crippen MR) is 97.4 cm³/mol. The van der Waals surface area contributed by atoms with Crippen LogP contribution < -0.4 is 16.4 Å². The van der Waals surface area contributed by atoms with E-state index < -0.39 is 0 Å². The molecule has 1 saturated carbocycles. The zero-order chi connectivity index (χ0) is 16.9. The van der Waals surface area contributed by atoms with Crippen molar-refractivity contribution < 1.29 is 14.1 Å². The molecule has 1 fully saturated rings. The van der Waals surface area contributed by atoms with Gasteiger partial charge in [0.1, 0.15) is 5.76 Å². The summed E-state index contributed by atoms with van der Waals surface area (Å²) in [5.74, 6) is 0.972. The van der Waals surface area contributed by atoms with Crippen molar-refractivity contribution >= 4 is 41.8 Å². The van der Waals surface area contributed by atoms with E-state index >= 15 is 0 Å². The average Bonchev–Trinajstić information content (AvgIpc) is 3.14. The van der Waals surface area contributed by atoms with Gasteiger partial charge in [-0.15, -0.1) is 24.2 Å². The second-order valence-electron chi connectivity index (χ2n) is 6.01. The van der Waals surface area contributed by atoms with Gasteiger partial charge in [-0.1, -0.05) is 18.0 Å². The smallest absolute Gasteiger partial charge is 0.238 e. The maximum atomic E-state index is 12.1. The van der Waals surface area contributed by atoms with Gasteiger partial charge in [0.25, 0.3) is 0 Å². The first kappa shape index (κ1) is 20.8. The summed E-state index contributed by atoms with van der Waals surface area (Å²) in [6.07, 6.45) is 4.06. The number of aryl methyl sites for hydroxylation is 1. The van der Waals surface area contributed by atoms with Crippen LogP contribution in [-0.4, -0.2) is 40.1 Å². The second kappa shape index (κ2) is 9.29. The molecule has 0 saturated heterocycles. The first-order valence-corrected chi connectivity index (χ1v) is 8.86. The number of aromatic nitrogens is 1. The molecular weight excluding hydrogens is 352 g/mol. The number of hydrogen-bond donors (Lipinski definition) is 3. The molecule has 7 nitrogen and oxygen atoms in total. The highest BCUT2D eigenvalue weighted by Gasteiger charge is 2.33. The highest BCUT2D eigenvalue weighted by atomic mass is 35.5. The summed E-state index contributed by atoms with van der Waals surface area (Å²) in [5, 5.41) is 9.05. The van der Waals surface area contributed by atoms with Gasteiger partial charge in [0.05, 0.1) is 16.5 Å². The molecule has 0 aromatic carbocycles. The standard InChI is InChI=1S/C15H24N4O3S.ClH/c1-10-7-12(19-22-10)17-14(21)11(2)23-8-13(20)18-15(9-16)5-3-4-6-15;/h7,11H,3-6,8-9,16H2,1-2H3,(H,18,20)(H,17,19,21);1H. The Labute approximate surface area is 152 Å². The van der Waals surface area contributed by atoms with Crippen LogP contribution >= 0.6 is 24.2 Å². The van der Waals surface area contributed by atoms with E-state index in [-0.39, 0.29) is 40.8 Å². The van der Waals surface area contributed by atoms with E-state index in [1.165, 1.54) is 11.8 Å². The van der Waals surface area contributed by atoms with Crippen LogP contribution in [0.15, 0.2) is 10.6 Å². The van der Waals surface area contributed by atoms with Crippen LogP contribution in [0.25, 0.3) is 0 Å². The summed E-state index contributed by atoms with van der Waals surface area (Å²) < 4.78 is 4.89. The Bertz CT molecular complexity index is 561. The Balaban J connectivity index is 0.00000288. The van der Waals surface area contributed by atoms with Gasteiger partial charge in [-0.3, -0.25) is 9.59 Å². The fourth-order valence-corrected chi connectivity index (χ4v) is 3.38. The lowest BCUT2D eigenvalue weighted by Gasteiger charge is -2.28. The molecule has 136 valence electrons. The Morgan fingerprint density at radius 3 is 2.67 bits per heavy atom. The Morgan fingerprint density at radius 2 is 2.12 bits per heavy atom. The van der Waals surface area contributed by atoms with Crippen molar-refractivity contribution in [2.24, 2.45) is 5.73 Å². The molecule has 4 N–H and O–H groups in total. The number of nitrogens with two attached hydrogens (primary N) is 1. The Kier molecular flexibility index (Phi) is 8.05. The van der Waals surface area contributed by atoms with Gasteiger partial charge < -0.3 is 20.9 Å². The number of carbonyl (C=O) groups is 2. The van der Waals surface area contributed by atoms with Crippen molar-refractivity contribution in [2.75, 3.05) is 17.6 Å². The van der Waals surface area contributed by atoms with Crippen LogP contribution in [0.3, 0.4) is 0 Å². The summed E-state index contributed by atoms with van der Waals surface area (Å²) in [5.41, 5.74) is 5.56. The van der Waals surface area contributed by atoms with Crippen molar-refractivity contribution in [3.63, 3.8) is 0 Å². The third kappa shape index (κ3) is 5.68. The van der Waals surface area contributed by atoms with E-state index in [9.17, 15) is 9.59 Å². The molecular formula is C15H25ClN4O3S. The van der Waals surface area contributed by atoms with Crippen molar-refractivity contribution in [1.82, 2.24) is 10.5 Å². The molecule has 2 rings (SSSR count). The minimum atomic E-state index is -0.366. The molecule has 0 aliphatic heterocycles. The molecule has 1 aromatic heterocycles. The quantitative estimate of drug-likeness (QED) is 0.669.